The molecule has 5 aromatic carbocycles. The van der Waals surface area contributed by atoms with Crippen LogP contribution in [-0.4, -0.2) is 0 Å². The Balaban J connectivity index is 0.000000762. The van der Waals surface area contributed by atoms with E-state index < -0.39 is 15.8 Å². The van der Waals surface area contributed by atoms with Crippen LogP contribution < -0.4 is 26.5 Å². The van der Waals surface area contributed by atoms with Crippen LogP contribution in [0.15, 0.2) is 102 Å². The molecule has 47 heavy (non-hydrogen) atoms. The molecule has 5 aromatic rings. The van der Waals surface area contributed by atoms with E-state index in [1.165, 1.54) is 76.6 Å². The topological polar surface area (TPSA) is 0 Å². The molecule has 1 atom stereocenters. The average Bonchev–Trinajstić information content (AvgIpc) is 3.68. The maximum Gasteiger partial charge on any atom is 2.00 e. The Bertz CT molecular complexity index is 1820. The zero-order chi connectivity index (χ0) is 33.0. The van der Waals surface area contributed by atoms with Crippen LogP contribution in [0.5, 0.6) is 0 Å². The summed E-state index contributed by atoms with van der Waals surface area (Å²) in [4.78, 5) is 0. The molecule has 0 aromatic heterocycles. The molecule has 0 unspecified atom stereocenters. The molecule has 0 saturated heterocycles. The fraction of sp³-hybridized carbons (Fsp3) is 0.227. The minimum Gasteiger partial charge on any atom is -0.288 e. The second-order valence-electron chi connectivity index (χ2n) is 12.7. The largest absolute Gasteiger partial charge is 2.00 e. The molecule has 6 rings (SSSR count). The molecule has 1 aliphatic rings. The standard InChI is InChI=1S/C39H42P2.C5.Fe/c1-25-13-26(2)18-34(17-25)40(35-19-27(3)14-28(4)20-35)33(9)38-11-10-12-39(38)41(36-21-29(5)15-30(6)22-36)37-23-31(7)16-32(8)24-37;1-2-4-5-3-1;/h10,12-24,33H,1-9H3;;/q2*-1;+2/t33-;;/m1../s1. The van der Waals surface area contributed by atoms with E-state index in [1.807, 2.05) is 0 Å². The fourth-order valence-corrected chi connectivity index (χ4v) is 12.6. The quantitative estimate of drug-likeness (QED) is 0.0693. The van der Waals surface area contributed by atoms with Gasteiger partial charge in [-0.15, -0.1) is 17.5 Å². The Hall–Kier alpha value is -3.31. The number of allylic oxidation sites excluding steroid dienone is 2. The van der Waals surface area contributed by atoms with E-state index in [2.05, 4.69) is 183 Å². The molecule has 0 fully saturated rings. The smallest absolute Gasteiger partial charge is 0.288 e. The van der Waals surface area contributed by atoms with Gasteiger partial charge in [0.1, 0.15) is 0 Å². The maximum absolute atomic E-state index is 3.79. The van der Waals surface area contributed by atoms with Gasteiger partial charge in [-0.2, -0.15) is 11.6 Å². The van der Waals surface area contributed by atoms with Crippen molar-refractivity contribution in [2.24, 2.45) is 0 Å². The van der Waals surface area contributed by atoms with Gasteiger partial charge in [0.05, 0.1) is 0 Å². The predicted molar refractivity (Wildman–Crippen MR) is 202 cm³/mol. The number of aryl methyl sites for hydroxylation is 8. The zero-order valence-corrected chi connectivity index (χ0v) is 31.8. The molecule has 2 radical (unpaired) electrons. The van der Waals surface area contributed by atoms with Gasteiger partial charge < -0.3 is 0 Å². The minimum absolute atomic E-state index is 0. The Labute approximate surface area is 296 Å². The summed E-state index contributed by atoms with van der Waals surface area (Å²) >= 11 is 0. The monoisotopic (exact) mass is 688 g/mol. The molecule has 236 valence electrons. The van der Waals surface area contributed by atoms with E-state index in [-0.39, 0.29) is 17.1 Å². The molecule has 0 nitrogen and oxygen atoms in total. The van der Waals surface area contributed by atoms with Gasteiger partial charge in [0.2, 0.25) is 0 Å². The summed E-state index contributed by atoms with van der Waals surface area (Å²) in [7, 11) is -1.39. The first-order valence-electron chi connectivity index (χ1n) is 15.8. The molecular weight excluding hydrogens is 646 g/mol. The summed E-state index contributed by atoms with van der Waals surface area (Å²) in [6.07, 6.45) is 5.00. The Morgan fingerprint density at radius 1 is 0.553 bits per heavy atom. The van der Waals surface area contributed by atoms with Gasteiger partial charge in [-0.25, -0.2) is 17.9 Å². The molecule has 0 spiro atoms. The third kappa shape index (κ3) is 9.19. The SMILES string of the molecule is Cc1cc(C)cc(P(c2cc(C)cc(C)c2)[c-]2cc[c]c2[C@@H](C)P(c2cc(C)cc(C)c2)c2cc(C)cc(C)c2)c1.[C]1=C=C=C=[C-]1.[Fe+2]. The summed E-state index contributed by atoms with van der Waals surface area (Å²) < 4.78 is 0. The van der Waals surface area contributed by atoms with E-state index in [9.17, 15) is 0 Å². The van der Waals surface area contributed by atoms with Gasteiger partial charge in [0, 0.05) is 0 Å². The molecular formula is C44H42FeP2. The van der Waals surface area contributed by atoms with E-state index >= 15 is 0 Å². The van der Waals surface area contributed by atoms with Crippen LogP contribution in [0, 0.1) is 73.6 Å². The summed E-state index contributed by atoms with van der Waals surface area (Å²) in [6, 6.07) is 36.8. The van der Waals surface area contributed by atoms with Crippen molar-refractivity contribution in [2.45, 2.75) is 68.0 Å². The maximum atomic E-state index is 3.79. The van der Waals surface area contributed by atoms with Crippen molar-refractivity contribution < 1.29 is 17.1 Å². The van der Waals surface area contributed by atoms with Crippen LogP contribution >= 0.6 is 15.8 Å². The second kappa shape index (κ2) is 16.2. The van der Waals surface area contributed by atoms with Gasteiger partial charge in [-0.1, -0.05) is 132 Å². The summed E-state index contributed by atoms with van der Waals surface area (Å²) in [5.41, 5.74) is 19.9. The van der Waals surface area contributed by atoms with Gasteiger partial charge in [-0.3, -0.25) is 11.5 Å². The number of hydrogen-bond acceptors (Lipinski definition) is 0. The van der Waals surface area contributed by atoms with Crippen molar-refractivity contribution in [3.63, 3.8) is 0 Å². The van der Waals surface area contributed by atoms with Gasteiger partial charge in [0.25, 0.3) is 0 Å². The summed E-state index contributed by atoms with van der Waals surface area (Å²) in [5, 5.41) is 7.22. The molecule has 1 aliphatic carbocycles. The number of benzene rings is 4. The van der Waals surface area contributed by atoms with Crippen molar-refractivity contribution in [3.8, 4) is 0 Å². The third-order valence-electron chi connectivity index (χ3n) is 8.01. The van der Waals surface area contributed by atoms with Crippen LogP contribution in [0.1, 0.15) is 62.7 Å². The van der Waals surface area contributed by atoms with Crippen LogP contribution in [-0.2, 0) is 17.1 Å². The number of rotatable bonds is 7. The van der Waals surface area contributed by atoms with Crippen molar-refractivity contribution in [1.29, 1.82) is 0 Å². The van der Waals surface area contributed by atoms with E-state index in [0.717, 1.165) is 0 Å². The predicted octanol–water partition coefficient (Wildman–Crippen LogP) is 9.25. The van der Waals surface area contributed by atoms with E-state index in [0.29, 0.717) is 5.66 Å². The Morgan fingerprint density at radius 3 is 1.26 bits per heavy atom. The van der Waals surface area contributed by atoms with Gasteiger partial charge >= 0.3 is 17.1 Å². The van der Waals surface area contributed by atoms with E-state index in [4.69, 9.17) is 0 Å². The van der Waals surface area contributed by atoms with Gasteiger partial charge in [0.15, 0.2) is 0 Å². The van der Waals surface area contributed by atoms with Crippen molar-refractivity contribution in [3.05, 3.63) is 170 Å². The molecule has 0 N–H and O–H groups in total. The average molecular weight is 689 g/mol. The van der Waals surface area contributed by atoms with E-state index in [1.54, 1.807) is 0 Å². The van der Waals surface area contributed by atoms with Crippen LogP contribution in [0.25, 0.3) is 0 Å². The Kier molecular flexibility index (Phi) is 12.6. The molecule has 0 saturated carbocycles. The first kappa shape index (κ1) is 36.5. The number of hydrogen-bond donors (Lipinski definition) is 0. The van der Waals surface area contributed by atoms with Gasteiger partial charge in [-0.05, 0) is 90.2 Å². The molecule has 3 heteroatoms. The van der Waals surface area contributed by atoms with Crippen LogP contribution in [0.3, 0.4) is 0 Å². The Morgan fingerprint density at radius 2 is 0.936 bits per heavy atom. The first-order valence-corrected chi connectivity index (χ1v) is 18.6. The van der Waals surface area contributed by atoms with Crippen molar-refractivity contribution in [2.75, 3.05) is 0 Å². The molecule has 0 aliphatic heterocycles. The minimum atomic E-state index is -0.735. The zero-order valence-electron chi connectivity index (χ0n) is 28.9. The molecule has 0 bridgehead atoms. The van der Waals surface area contributed by atoms with Crippen LogP contribution in [0.4, 0.5) is 0 Å². The molecule has 0 amide bonds. The van der Waals surface area contributed by atoms with Crippen molar-refractivity contribution >= 4 is 42.4 Å². The second-order valence-corrected chi connectivity index (χ2v) is 17.4. The van der Waals surface area contributed by atoms with Crippen LogP contribution in [0.2, 0.25) is 0 Å². The normalized spacial score (nSPS) is 12.0. The fourth-order valence-electron chi connectivity index (χ4n) is 6.55. The van der Waals surface area contributed by atoms with Crippen molar-refractivity contribution in [1.82, 2.24) is 0 Å². The summed E-state index contributed by atoms with van der Waals surface area (Å²) in [5.74, 6) is 0. The summed E-state index contributed by atoms with van der Waals surface area (Å²) in [6.45, 7) is 20.3. The molecule has 0 heterocycles. The first-order chi connectivity index (χ1) is 22.0. The third-order valence-corrected chi connectivity index (χ3v) is 13.1.